The van der Waals surface area contributed by atoms with Gasteiger partial charge in [-0.3, -0.25) is 14.4 Å². The van der Waals surface area contributed by atoms with Crippen molar-refractivity contribution in [2.45, 2.75) is 53.9 Å². The standard InChI is InChI=1S/C21H39N5O4/c1-7-21(5,13-23-16(2)27)15-30-14-20(3,4)12-24-18(28)11-26-19(29)10-17(25-26)8-9-22-6/h22H,7-15H2,1-6H3,(H,23,27)(H,24,28). The summed E-state index contributed by atoms with van der Waals surface area (Å²) in [6.45, 7) is 12.4. The largest absolute Gasteiger partial charge is 0.380 e. The van der Waals surface area contributed by atoms with Crippen LogP contribution in [0.1, 0.15) is 53.9 Å². The number of amides is 3. The Morgan fingerprint density at radius 1 is 1.17 bits per heavy atom. The van der Waals surface area contributed by atoms with E-state index in [1.165, 1.54) is 11.9 Å². The zero-order chi connectivity index (χ0) is 22.8. The minimum absolute atomic E-state index is 0.0484. The van der Waals surface area contributed by atoms with Gasteiger partial charge in [0.2, 0.25) is 17.7 Å². The molecule has 0 aliphatic carbocycles. The van der Waals surface area contributed by atoms with E-state index in [-0.39, 0.29) is 41.5 Å². The van der Waals surface area contributed by atoms with Crippen molar-refractivity contribution in [2.24, 2.45) is 15.9 Å². The minimum atomic E-state index is -0.269. The summed E-state index contributed by atoms with van der Waals surface area (Å²) in [5, 5.41) is 14.3. The molecule has 0 fully saturated rings. The molecular weight excluding hydrogens is 386 g/mol. The van der Waals surface area contributed by atoms with Crippen LogP contribution < -0.4 is 16.0 Å². The molecule has 1 aliphatic heterocycles. The number of hydrogen-bond acceptors (Lipinski definition) is 6. The van der Waals surface area contributed by atoms with Gasteiger partial charge in [0.05, 0.1) is 19.6 Å². The number of hydrogen-bond donors (Lipinski definition) is 3. The molecule has 0 saturated carbocycles. The fourth-order valence-electron chi connectivity index (χ4n) is 2.83. The Labute approximate surface area is 180 Å². The van der Waals surface area contributed by atoms with Crippen molar-refractivity contribution in [3.8, 4) is 0 Å². The molecule has 0 aromatic carbocycles. The third-order valence-electron chi connectivity index (χ3n) is 5.19. The van der Waals surface area contributed by atoms with Gasteiger partial charge in [-0.25, -0.2) is 5.01 Å². The highest BCUT2D eigenvalue weighted by Gasteiger charge is 2.28. The molecule has 3 amide bonds. The summed E-state index contributed by atoms with van der Waals surface area (Å²) >= 11 is 0. The van der Waals surface area contributed by atoms with E-state index >= 15 is 0 Å². The minimum Gasteiger partial charge on any atom is -0.380 e. The highest BCUT2D eigenvalue weighted by atomic mass is 16.5. The van der Waals surface area contributed by atoms with Crippen LogP contribution in [-0.2, 0) is 19.1 Å². The van der Waals surface area contributed by atoms with E-state index in [0.717, 1.165) is 18.7 Å². The lowest BCUT2D eigenvalue weighted by atomic mass is 9.88. The average Bonchev–Trinajstić information content (AvgIpc) is 3.02. The van der Waals surface area contributed by atoms with Crippen LogP contribution in [0.4, 0.5) is 0 Å². The summed E-state index contributed by atoms with van der Waals surface area (Å²) in [5.74, 6) is -0.427. The number of hydrazone groups is 1. The zero-order valence-corrected chi connectivity index (χ0v) is 19.4. The maximum Gasteiger partial charge on any atom is 0.248 e. The first-order valence-electron chi connectivity index (χ1n) is 10.6. The maximum absolute atomic E-state index is 12.3. The molecule has 3 N–H and O–H groups in total. The van der Waals surface area contributed by atoms with Crippen LogP contribution in [0.2, 0.25) is 0 Å². The second kappa shape index (κ2) is 12.0. The lowest BCUT2D eigenvalue weighted by molar-refractivity contribution is -0.134. The van der Waals surface area contributed by atoms with Crippen LogP contribution in [0.5, 0.6) is 0 Å². The molecule has 0 bridgehead atoms. The summed E-state index contributed by atoms with van der Waals surface area (Å²) in [6.07, 6.45) is 1.86. The number of rotatable bonds is 14. The fourth-order valence-corrected chi connectivity index (χ4v) is 2.83. The quantitative estimate of drug-likeness (QED) is 0.383. The molecule has 9 heteroatoms. The monoisotopic (exact) mass is 425 g/mol. The Morgan fingerprint density at radius 3 is 2.47 bits per heavy atom. The molecule has 0 aromatic heterocycles. The predicted octanol–water partition coefficient (Wildman–Crippen LogP) is 0.896. The van der Waals surface area contributed by atoms with Crippen LogP contribution in [0, 0.1) is 10.8 Å². The summed E-state index contributed by atoms with van der Waals surface area (Å²) < 4.78 is 5.93. The van der Waals surface area contributed by atoms with Gasteiger partial charge in [0.1, 0.15) is 6.54 Å². The first-order chi connectivity index (χ1) is 14.0. The number of nitrogens with one attached hydrogen (secondary N) is 3. The third-order valence-corrected chi connectivity index (χ3v) is 5.19. The van der Waals surface area contributed by atoms with Gasteiger partial charge in [-0.1, -0.05) is 27.7 Å². The summed E-state index contributed by atoms with van der Waals surface area (Å²) in [7, 11) is 1.85. The van der Waals surface area contributed by atoms with E-state index in [2.05, 4.69) is 34.9 Å². The maximum atomic E-state index is 12.3. The molecule has 0 spiro atoms. The molecule has 0 radical (unpaired) electrons. The molecule has 1 rings (SSSR count). The SMILES string of the molecule is CCC(C)(CNC(C)=O)COCC(C)(C)CNC(=O)CN1N=C(CCNC)CC1=O. The van der Waals surface area contributed by atoms with Crippen LogP contribution in [0.25, 0.3) is 0 Å². The van der Waals surface area contributed by atoms with Crippen molar-refractivity contribution in [2.75, 3.05) is 46.4 Å². The fraction of sp³-hybridized carbons (Fsp3) is 0.810. The van der Waals surface area contributed by atoms with E-state index in [9.17, 15) is 14.4 Å². The van der Waals surface area contributed by atoms with Gasteiger partial charge in [-0.15, -0.1) is 0 Å². The zero-order valence-electron chi connectivity index (χ0n) is 19.4. The lowest BCUT2D eigenvalue weighted by Crippen LogP contribution is -2.42. The molecule has 0 saturated heterocycles. The van der Waals surface area contributed by atoms with Crippen molar-refractivity contribution < 1.29 is 19.1 Å². The number of carbonyl (C=O) groups excluding carboxylic acids is 3. The summed E-state index contributed by atoms with van der Waals surface area (Å²) in [4.78, 5) is 35.5. The molecule has 30 heavy (non-hydrogen) atoms. The Hall–Kier alpha value is -2.00. The normalized spacial score (nSPS) is 16.3. The molecule has 1 aliphatic rings. The number of nitrogens with zero attached hydrogens (tertiary/aromatic N) is 2. The van der Waals surface area contributed by atoms with Crippen molar-refractivity contribution >= 4 is 23.4 Å². The molecule has 1 unspecified atom stereocenters. The van der Waals surface area contributed by atoms with Gasteiger partial charge >= 0.3 is 0 Å². The van der Waals surface area contributed by atoms with Gasteiger partial charge in [0.25, 0.3) is 0 Å². The topological polar surface area (TPSA) is 112 Å². The molecule has 1 atom stereocenters. The van der Waals surface area contributed by atoms with Gasteiger partial charge in [-0.05, 0) is 13.5 Å². The average molecular weight is 426 g/mol. The van der Waals surface area contributed by atoms with Gasteiger partial charge in [0.15, 0.2) is 0 Å². The molecular formula is C21H39N5O4. The molecule has 172 valence electrons. The van der Waals surface area contributed by atoms with Crippen molar-refractivity contribution in [1.82, 2.24) is 21.0 Å². The Bertz CT molecular complexity index is 635. The van der Waals surface area contributed by atoms with Gasteiger partial charge in [-0.2, -0.15) is 5.10 Å². The summed E-state index contributed by atoms with van der Waals surface area (Å²) in [6, 6.07) is 0. The van der Waals surface area contributed by atoms with Crippen LogP contribution in [0.3, 0.4) is 0 Å². The Morgan fingerprint density at radius 2 is 1.87 bits per heavy atom. The number of ether oxygens (including phenoxy) is 1. The lowest BCUT2D eigenvalue weighted by Gasteiger charge is -2.31. The number of carbonyl (C=O) groups is 3. The first kappa shape index (κ1) is 26.0. The molecule has 9 nitrogen and oxygen atoms in total. The van der Waals surface area contributed by atoms with Crippen molar-refractivity contribution in [3.05, 3.63) is 0 Å². The summed E-state index contributed by atoms with van der Waals surface area (Å²) in [5.41, 5.74) is 0.396. The second-order valence-corrected chi connectivity index (χ2v) is 9.16. The van der Waals surface area contributed by atoms with E-state index in [0.29, 0.717) is 32.7 Å². The van der Waals surface area contributed by atoms with Crippen molar-refractivity contribution in [1.29, 1.82) is 0 Å². The smallest absolute Gasteiger partial charge is 0.248 e. The highest BCUT2D eigenvalue weighted by molar-refractivity contribution is 6.05. The van der Waals surface area contributed by atoms with Gasteiger partial charge < -0.3 is 20.7 Å². The van der Waals surface area contributed by atoms with Crippen LogP contribution in [0.15, 0.2) is 5.10 Å². The van der Waals surface area contributed by atoms with Crippen LogP contribution >= 0.6 is 0 Å². The highest BCUT2D eigenvalue weighted by Crippen LogP contribution is 2.22. The van der Waals surface area contributed by atoms with E-state index in [1.807, 2.05) is 20.9 Å². The van der Waals surface area contributed by atoms with Gasteiger partial charge in [0, 0.05) is 49.5 Å². The van der Waals surface area contributed by atoms with E-state index in [1.54, 1.807) is 0 Å². The predicted molar refractivity (Wildman–Crippen MR) is 117 cm³/mol. The Balaban J connectivity index is 2.39. The van der Waals surface area contributed by atoms with E-state index in [4.69, 9.17) is 4.74 Å². The Kier molecular flexibility index (Phi) is 10.4. The molecule has 1 heterocycles. The van der Waals surface area contributed by atoms with Crippen molar-refractivity contribution in [3.63, 3.8) is 0 Å². The third kappa shape index (κ3) is 9.67. The van der Waals surface area contributed by atoms with Crippen LogP contribution in [-0.4, -0.2) is 74.9 Å². The first-order valence-corrected chi connectivity index (χ1v) is 10.6. The van der Waals surface area contributed by atoms with E-state index < -0.39 is 0 Å². The molecule has 0 aromatic rings. The second-order valence-electron chi connectivity index (χ2n) is 9.16.